The zero-order valence-corrected chi connectivity index (χ0v) is 16.7. The maximum Gasteiger partial charge on any atom is 0.333 e. The summed E-state index contributed by atoms with van der Waals surface area (Å²) >= 11 is 0. The first-order valence-electron chi connectivity index (χ1n) is 9.87. The molecule has 0 aliphatic rings. The van der Waals surface area contributed by atoms with Gasteiger partial charge in [0.2, 0.25) is 0 Å². The second-order valence-corrected chi connectivity index (χ2v) is 7.23. The third-order valence-corrected chi connectivity index (χ3v) is 5.17. The summed E-state index contributed by atoms with van der Waals surface area (Å²) in [6, 6.07) is 19.8. The number of hydrogen-bond acceptors (Lipinski definition) is 3. The first-order valence-corrected chi connectivity index (χ1v) is 9.87. The minimum atomic E-state index is -0.308. The van der Waals surface area contributed by atoms with Crippen molar-refractivity contribution >= 4 is 11.2 Å². The highest BCUT2D eigenvalue weighted by atomic mass is 16.2. The Morgan fingerprint density at radius 1 is 0.862 bits per heavy atom. The van der Waals surface area contributed by atoms with E-state index in [0.29, 0.717) is 37.1 Å². The molecule has 148 valence electrons. The van der Waals surface area contributed by atoms with Gasteiger partial charge in [0.25, 0.3) is 5.56 Å². The number of aryl methyl sites for hydroxylation is 1. The Morgan fingerprint density at radius 3 is 2.10 bits per heavy atom. The Labute approximate surface area is 168 Å². The van der Waals surface area contributed by atoms with Gasteiger partial charge >= 0.3 is 5.69 Å². The average Bonchev–Trinajstić information content (AvgIpc) is 3.06. The van der Waals surface area contributed by atoms with Crippen LogP contribution in [0.25, 0.3) is 11.2 Å². The first kappa shape index (κ1) is 18.9. The topological polar surface area (TPSA) is 61.8 Å². The molecule has 29 heavy (non-hydrogen) atoms. The minimum absolute atomic E-state index is 0.273. The van der Waals surface area contributed by atoms with Gasteiger partial charge in [-0.3, -0.25) is 13.9 Å². The lowest BCUT2D eigenvalue weighted by molar-refractivity contribution is 0.577. The summed E-state index contributed by atoms with van der Waals surface area (Å²) in [5.74, 6) is 0.763. The Hall–Kier alpha value is -3.41. The van der Waals surface area contributed by atoms with Crippen LogP contribution < -0.4 is 11.2 Å². The van der Waals surface area contributed by atoms with Crippen LogP contribution in [-0.2, 0) is 26.6 Å². The summed E-state index contributed by atoms with van der Waals surface area (Å²) in [5.41, 5.74) is 2.44. The zero-order valence-electron chi connectivity index (χ0n) is 16.7. The lowest BCUT2D eigenvalue weighted by Gasteiger charge is -2.11. The van der Waals surface area contributed by atoms with Crippen molar-refractivity contribution in [2.75, 3.05) is 0 Å². The van der Waals surface area contributed by atoms with Gasteiger partial charge in [-0.2, -0.15) is 0 Å². The van der Waals surface area contributed by atoms with E-state index in [9.17, 15) is 9.59 Å². The molecule has 4 aromatic rings. The fourth-order valence-corrected chi connectivity index (χ4v) is 3.67. The predicted molar refractivity (Wildman–Crippen MR) is 114 cm³/mol. The fraction of sp³-hybridized carbons (Fsp3) is 0.261. The van der Waals surface area contributed by atoms with Gasteiger partial charge in [0.15, 0.2) is 11.2 Å². The molecule has 0 saturated heterocycles. The lowest BCUT2D eigenvalue weighted by Crippen LogP contribution is -2.40. The van der Waals surface area contributed by atoms with E-state index < -0.39 is 0 Å². The molecule has 0 bridgehead atoms. The highest BCUT2D eigenvalue weighted by Crippen LogP contribution is 2.15. The van der Waals surface area contributed by atoms with Crippen molar-refractivity contribution in [3.63, 3.8) is 0 Å². The molecular formula is C23H24N4O2. The molecule has 0 unspecified atom stereocenters. The number of benzene rings is 2. The maximum atomic E-state index is 13.2. The van der Waals surface area contributed by atoms with Gasteiger partial charge in [0, 0.05) is 20.0 Å². The summed E-state index contributed by atoms with van der Waals surface area (Å²) in [6.45, 7) is 2.73. The van der Waals surface area contributed by atoms with Crippen LogP contribution in [0.4, 0.5) is 0 Å². The molecule has 6 nitrogen and oxygen atoms in total. The maximum absolute atomic E-state index is 13.2. The summed E-state index contributed by atoms with van der Waals surface area (Å²) in [5, 5.41) is 0. The largest absolute Gasteiger partial charge is 0.333 e. The highest BCUT2D eigenvalue weighted by molar-refractivity contribution is 5.71. The van der Waals surface area contributed by atoms with Crippen LogP contribution in [0.2, 0.25) is 0 Å². The number of rotatable bonds is 6. The van der Waals surface area contributed by atoms with E-state index in [1.807, 2.05) is 79.2 Å². The molecule has 0 N–H and O–H groups in total. The molecule has 0 aliphatic carbocycles. The number of nitrogens with zero attached hydrogens (tertiary/aromatic N) is 4. The second-order valence-electron chi connectivity index (χ2n) is 7.23. The van der Waals surface area contributed by atoms with Crippen LogP contribution in [0, 0.1) is 0 Å². The highest BCUT2D eigenvalue weighted by Gasteiger charge is 2.20. The Kier molecular flexibility index (Phi) is 5.16. The van der Waals surface area contributed by atoms with Crippen molar-refractivity contribution in [3.8, 4) is 0 Å². The Bertz CT molecular complexity index is 1250. The van der Waals surface area contributed by atoms with Crippen molar-refractivity contribution < 1.29 is 0 Å². The molecule has 0 saturated carbocycles. The number of hydrogen-bond donors (Lipinski definition) is 0. The van der Waals surface area contributed by atoms with Crippen LogP contribution in [0.15, 0.2) is 70.3 Å². The molecule has 2 aromatic carbocycles. The molecule has 0 aliphatic heterocycles. The molecule has 0 radical (unpaired) electrons. The fourth-order valence-electron chi connectivity index (χ4n) is 3.67. The van der Waals surface area contributed by atoms with Crippen LogP contribution in [-0.4, -0.2) is 18.7 Å². The first-order chi connectivity index (χ1) is 14.1. The van der Waals surface area contributed by atoms with E-state index in [-0.39, 0.29) is 11.2 Å². The van der Waals surface area contributed by atoms with Crippen molar-refractivity contribution in [1.82, 2.24) is 18.7 Å². The molecule has 0 amide bonds. The van der Waals surface area contributed by atoms with E-state index in [4.69, 9.17) is 4.98 Å². The normalized spacial score (nSPS) is 11.2. The number of fused-ring (bicyclic) bond motifs is 1. The van der Waals surface area contributed by atoms with Gasteiger partial charge in [-0.1, -0.05) is 67.6 Å². The van der Waals surface area contributed by atoms with Crippen molar-refractivity contribution in [2.24, 2.45) is 7.05 Å². The standard InChI is InChI=1S/C23H24N4O2/c1-3-14-26-22(28)20-21(27(23(26)29)16-18-12-8-5-9-13-18)24-19(25(20)2)15-17-10-6-4-7-11-17/h4-13H,3,14-16H2,1-2H3. The predicted octanol–water partition coefficient (Wildman–Crippen LogP) is 2.95. The van der Waals surface area contributed by atoms with Crippen molar-refractivity contribution in [2.45, 2.75) is 32.9 Å². The monoisotopic (exact) mass is 388 g/mol. The molecule has 2 heterocycles. The molecule has 0 spiro atoms. The molecule has 6 heteroatoms. The number of imidazole rings is 1. The molecule has 0 atom stereocenters. The van der Waals surface area contributed by atoms with Crippen LogP contribution >= 0.6 is 0 Å². The quantitative estimate of drug-likeness (QED) is 0.510. The SMILES string of the molecule is CCCn1c(=O)c2c(nc(Cc3ccccc3)n2C)n(Cc2ccccc2)c1=O. The average molecular weight is 388 g/mol. The van der Waals surface area contributed by atoms with E-state index >= 15 is 0 Å². The van der Waals surface area contributed by atoms with Gasteiger partial charge in [0.05, 0.1) is 6.54 Å². The Morgan fingerprint density at radius 2 is 1.48 bits per heavy atom. The van der Waals surface area contributed by atoms with Crippen molar-refractivity contribution in [1.29, 1.82) is 0 Å². The zero-order chi connectivity index (χ0) is 20.4. The third kappa shape index (κ3) is 3.53. The summed E-state index contributed by atoms with van der Waals surface area (Å²) < 4.78 is 4.78. The molecule has 4 rings (SSSR count). The molecular weight excluding hydrogens is 364 g/mol. The van der Waals surface area contributed by atoms with Gasteiger partial charge in [0.1, 0.15) is 5.82 Å². The van der Waals surface area contributed by atoms with Gasteiger partial charge in [-0.05, 0) is 17.5 Å². The molecule has 2 aromatic heterocycles. The Balaban J connectivity index is 1.93. The van der Waals surface area contributed by atoms with Gasteiger partial charge in [-0.15, -0.1) is 0 Å². The summed E-state index contributed by atoms with van der Waals surface area (Å²) in [6.07, 6.45) is 1.31. The third-order valence-electron chi connectivity index (χ3n) is 5.17. The number of aromatic nitrogens is 4. The lowest BCUT2D eigenvalue weighted by atomic mass is 10.1. The van der Waals surface area contributed by atoms with E-state index in [1.54, 1.807) is 4.57 Å². The van der Waals surface area contributed by atoms with Gasteiger partial charge < -0.3 is 4.57 Å². The minimum Gasteiger partial charge on any atom is -0.325 e. The van der Waals surface area contributed by atoms with E-state index in [1.165, 1.54) is 4.57 Å². The smallest absolute Gasteiger partial charge is 0.325 e. The van der Waals surface area contributed by atoms with Crippen LogP contribution in [0.1, 0.15) is 30.3 Å². The summed E-state index contributed by atoms with van der Waals surface area (Å²) in [7, 11) is 1.85. The molecule has 0 fully saturated rings. The second kappa shape index (κ2) is 7.91. The van der Waals surface area contributed by atoms with Crippen LogP contribution in [0.3, 0.4) is 0 Å². The summed E-state index contributed by atoms with van der Waals surface area (Å²) in [4.78, 5) is 31.0. The van der Waals surface area contributed by atoms with Crippen molar-refractivity contribution in [3.05, 3.63) is 98.5 Å². The van der Waals surface area contributed by atoms with E-state index in [0.717, 1.165) is 17.0 Å². The van der Waals surface area contributed by atoms with E-state index in [2.05, 4.69) is 0 Å². The van der Waals surface area contributed by atoms with Crippen LogP contribution in [0.5, 0.6) is 0 Å². The van der Waals surface area contributed by atoms with Gasteiger partial charge in [-0.25, -0.2) is 9.78 Å².